The molecule has 1 aromatic heterocycles. The van der Waals surface area contributed by atoms with Gasteiger partial charge in [-0.2, -0.15) is 4.37 Å². The first-order valence-electron chi connectivity index (χ1n) is 5.91. The Morgan fingerprint density at radius 2 is 2.31 bits per heavy atom. The minimum absolute atomic E-state index is 0.600. The molecule has 16 heavy (non-hydrogen) atoms. The maximum atomic E-state index is 5.48. The van der Waals surface area contributed by atoms with Gasteiger partial charge in [0, 0.05) is 30.6 Å². The Morgan fingerprint density at radius 3 is 3.00 bits per heavy atom. The zero-order chi connectivity index (χ0) is 11.4. The van der Waals surface area contributed by atoms with Gasteiger partial charge < -0.3 is 10.1 Å². The van der Waals surface area contributed by atoms with E-state index in [0.717, 1.165) is 30.7 Å². The van der Waals surface area contributed by atoms with Crippen LogP contribution in [0.1, 0.15) is 38.4 Å². The lowest BCUT2D eigenvalue weighted by Gasteiger charge is -2.06. The molecule has 1 saturated carbocycles. The van der Waals surface area contributed by atoms with E-state index in [2.05, 4.69) is 28.5 Å². The van der Waals surface area contributed by atoms with Crippen molar-refractivity contribution >= 4 is 16.7 Å². The molecule has 4 nitrogen and oxygen atoms in total. The second-order valence-electron chi connectivity index (χ2n) is 4.63. The lowest BCUT2D eigenvalue weighted by Crippen LogP contribution is -2.11. The number of hydrogen-bond donors (Lipinski definition) is 1. The van der Waals surface area contributed by atoms with Gasteiger partial charge in [0.25, 0.3) is 0 Å². The van der Waals surface area contributed by atoms with E-state index in [4.69, 9.17) is 4.74 Å². The van der Waals surface area contributed by atoms with Crippen LogP contribution >= 0.6 is 11.5 Å². The molecule has 1 aromatic rings. The van der Waals surface area contributed by atoms with Crippen LogP contribution in [0, 0.1) is 5.92 Å². The summed E-state index contributed by atoms with van der Waals surface area (Å²) in [5, 5.41) is 4.17. The van der Waals surface area contributed by atoms with Crippen LogP contribution in [0.5, 0.6) is 0 Å². The normalized spacial score (nSPS) is 15.7. The van der Waals surface area contributed by atoms with E-state index < -0.39 is 0 Å². The molecule has 1 heterocycles. The lowest BCUT2D eigenvalue weighted by molar-refractivity contribution is 0.118. The molecule has 1 N–H and O–H groups in total. The molecule has 0 radical (unpaired) electrons. The Balaban J connectivity index is 1.61. The highest BCUT2D eigenvalue weighted by Gasteiger charge is 2.27. The van der Waals surface area contributed by atoms with Crippen molar-refractivity contribution in [2.75, 3.05) is 25.1 Å². The van der Waals surface area contributed by atoms with Crippen molar-refractivity contribution < 1.29 is 4.74 Å². The van der Waals surface area contributed by atoms with Crippen molar-refractivity contribution in [1.82, 2.24) is 9.36 Å². The number of ether oxygens (including phenoxy) is 1. The van der Waals surface area contributed by atoms with Crippen LogP contribution in [0.15, 0.2) is 0 Å². The molecule has 0 amide bonds. The highest BCUT2D eigenvalue weighted by molar-refractivity contribution is 7.09. The quantitative estimate of drug-likeness (QED) is 0.745. The molecule has 0 bridgehead atoms. The van der Waals surface area contributed by atoms with E-state index in [-0.39, 0.29) is 0 Å². The Labute approximate surface area is 101 Å². The third kappa shape index (κ3) is 3.72. The monoisotopic (exact) mass is 241 g/mol. The molecule has 90 valence electrons. The van der Waals surface area contributed by atoms with Gasteiger partial charge in [-0.25, -0.2) is 4.98 Å². The summed E-state index contributed by atoms with van der Waals surface area (Å²) in [4.78, 5) is 4.45. The maximum Gasteiger partial charge on any atom is 0.202 e. The lowest BCUT2D eigenvalue weighted by atomic mass is 10.2. The first-order valence-corrected chi connectivity index (χ1v) is 6.68. The zero-order valence-electron chi connectivity index (χ0n) is 9.90. The van der Waals surface area contributed by atoms with Crippen molar-refractivity contribution in [1.29, 1.82) is 0 Å². The molecule has 0 aromatic carbocycles. The van der Waals surface area contributed by atoms with Gasteiger partial charge in [0.1, 0.15) is 5.82 Å². The van der Waals surface area contributed by atoms with E-state index >= 15 is 0 Å². The summed E-state index contributed by atoms with van der Waals surface area (Å²) >= 11 is 1.45. The predicted octanol–water partition coefficient (Wildman–Crippen LogP) is 2.50. The topological polar surface area (TPSA) is 47.0 Å². The number of rotatable bonds is 7. The average molecular weight is 241 g/mol. The second-order valence-corrected chi connectivity index (χ2v) is 5.38. The smallest absolute Gasteiger partial charge is 0.202 e. The molecule has 1 fully saturated rings. The average Bonchev–Trinajstić information content (AvgIpc) is 2.99. The van der Waals surface area contributed by atoms with E-state index in [9.17, 15) is 0 Å². The Morgan fingerprint density at radius 1 is 1.50 bits per heavy atom. The maximum absolute atomic E-state index is 5.48. The summed E-state index contributed by atoms with van der Waals surface area (Å²) in [7, 11) is 0. The number of hydrogen-bond acceptors (Lipinski definition) is 5. The molecule has 0 atom stereocenters. The summed E-state index contributed by atoms with van der Waals surface area (Å²) in [5.74, 6) is 2.27. The predicted molar refractivity (Wildman–Crippen MR) is 66.0 cm³/mol. The van der Waals surface area contributed by atoms with Crippen LogP contribution < -0.4 is 5.32 Å². The van der Waals surface area contributed by atoms with Gasteiger partial charge in [-0.1, -0.05) is 13.8 Å². The molecule has 2 rings (SSSR count). The number of anilines is 1. The zero-order valence-corrected chi connectivity index (χ0v) is 10.7. The van der Waals surface area contributed by atoms with Crippen LogP contribution in [0.2, 0.25) is 0 Å². The summed E-state index contributed by atoms with van der Waals surface area (Å²) < 4.78 is 9.81. The number of aromatic nitrogens is 2. The molecule has 0 spiro atoms. The van der Waals surface area contributed by atoms with Gasteiger partial charge in [-0.05, 0) is 18.8 Å². The molecule has 0 unspecified atom stereocenters. The molecular weight excluding hydrogens is 222 g/mol. The first kappa shape index (κ1) is 11.8. The van der Waals surface area contributed by atoms with Crippen molar-refractivity contribution in [3.05, 3.63) is 5.82 Å². The largest absolute Gasteiger partial charge is 0.379 e. The molecule has 5 heteroatoms. The third-order valence-electron chi connectivity index (χ3n) is 2.36. The summed E-state index contributed by atoms with van der Waals surface area (Å²) in [6.07, 6.45) is 2.52. The molecule has 0 saturated heterocycles. The molecular formula is C11H19N3OS. The first-order chi connectivity index (χ1) is 7.75. The van der Waals surface area contributed by atoms with Crippen LogP contribution in [0.3, 0.4) is 0 Å². The summed E-state index contributed by atoms with van der Waals surface area (Å²) in [6, 6.07) is 0. The Hall–Kier alpha value is -0.680. The minimum atomic E-state index is 0.600. The van der Waals surface area contributed by atoms with Crippen LogP contribution in [0.25, 0.3) is 0 Å². The molecule has 1 aliphatic rings. The third-order valence-corrected chi connectivity index (χ3v) is 3.04. The molecule has 1 aliphatic carbocycles. The van der Waals surface area contributed by atoms with Gasteiger partial charge in [-0.15, -0.1) is 0 Å². The Kier molecular flexibility index (Phi) is 4.12. The van der Waals surface area contributed by atoms with Crippen molar-refractivity contribution in [3.63, 3.8) is 0 Å². The summed E-state index contributed by atoms with van der Waals surface area (Å²) in [5.41, 5.74) is 0. The van der Waals surface area contributed by atoms with E-state index in [1.165, 1.54) is 24.4 Å². The fourth-order valence-electron chi connectivity index (χ4n) is 1.36. The van der Waals surface area contributed by atoms with Crippen molar-refractivity contribution in [2.24, 2.45) is 5.92 Å². The van der Waals surface area contributed by atoms with E-state index in [0.29, 0.717) is 11.8 Å². The van der Waals surface area contributed by atoms with Gasteiger partial charge >= 0.3 is 0 Å². The van der Waals surface area contributed by atoms with E-state index in [1.54, 1.807) is 0 Å². The fourth-order valence-corrected chi connectivity index (χ4v) is 2.03. The van der Waals surface area contributed by atoms with Crippen LogP contribution in [-0.2, 0) is 4.74 Å². The highest BCUT2D eigenvalue weighted by atomic mass is 32.1. The van der Waals surface area contributed by atoms with Gasteiger partial charge in [0.15, 0.2) is 0 Å². The van der Waals surface area contributed by atoms with Gasteiger partial charge in [0.05, 0.1) is 6.61 Å². The van der Waals surface area contributed by atoms with Crippen molar-refractivity contribution in [2.45, 2.75) is 32.6 Å². The number of nitrogens with one attached hydrogen (secondary N) is 1. The fraction of sp³-hybridized carbons (Fsp3) is 0.818. The van der Waals surface area contributed by atoms with E-state index in [1.807, 2.05) is 0 Å². The standard InChI is InChI=1S/C11H19N3OS/c1-8(2)7-15-6-5-12-11-13-10(14-16-11)9-3-4-9/h8-9H,3-7H2,1-2H3,(H,12,13,14). The molecule has 0 aliphatic heterocycles. The summed E-state index contributed by atoms with van der Waals surface area (Å²) in [6.45, 7) is 6.67. The minimum Gasteiger partial charge on any atom is -0.379 e. The van der Waals surface area contributed by atoms with Crippen LogP contribution in [-0.4, -0.2) is 29.1 Å². The van der Waals surface area contributed by atoms with Crippen LogP contribution in [0.4, 0.5) is 5.13 Å². The highest BCUT2D eigenvalue weighted by Crippen LogP contribution is 2.39. The Bertz CT molecular complexity index is 323. The van der Waals surface area contributed by atoms with Gasteiger partial charge in [0.2, 0.25) is 5.13 Å². The number of nitrogens with zero attached hydrogens (tertiary/aromatic N) is 2. The SMILES string of the molecule is CC(C)COCCNc1nc(C2CC2)ns1. The van der Waals surface area contributed by atoms with Gasteiger partial charge in [-0.3, -0.25) is 0 Å². The van der Waals surface area contributed by atoms with Crippen molar-refractivity contribution in [3.8, 4) is 0 Å². The second kappa shape index (κ2) is 5.59.